The van der Waals surface area contributed by atoms with Crippen LogP contribution >= 0.6 is 0 Å². The fourth-order valence-electron chi connectivity index (χ4n) is 2.13. The number of amides is 2. The van der Waals surface area contributed by atoms with Gasteiger partial charge in [0.05, 0.1) is 11.8 Å². The van der Waals surface area contributed by atoms with E-state index in [1.54, 1.807) is 12.1 Å². The molecule has 98 valence electrons. The molecule has 18 heavy (non-hydrogen) atoms. The van der Waals surface area contributed by atoms with E-state index in [-0.39, 0.29) is 17.8 Å². The lowest BCUT2D eigenvalue weighted by Crippen LogP contribution is -2.41. The predicted octanol–water partition coefficient (Wildman–Crippen LogP) is 2.25. The van der Waals surface area contributed by atoms with E-state index >= 15 is 0 Å². The molecular formula is C13H17FN2O2. The molecule has 0 atom stereocenters. The molecule has 2 rings (SSSR count). The highest BCUT2D eigenvalue weighted by Crippen LogP contribution is 2.18. The molecule has 0 aliphatic heterocycles. The molecule has 0 spiro atoms. The van der Waals surface area contributed by atoms with Crippen molar-refractivity contribution in [2.45, 2.75) is 37.8 Å². The van der Waals surface area contributed by atoms with E-state index in [1.807, 2.05) is 0 Å². The smallest absolute Gasteiger partial charge is 0.319 e. The van der Waals surface area contributed by atoms with Crippen LogP contribution in [0, 0.1) is 5.82 Å². The number of anilines is 1. The van der Waals surface area contributed by atoms with Crippen molar-refractivity contribution in [3.8, 4) is 0 Å². The van der Waals surface area contributed by atoms with Gasteiger partial charge in [0.15, 0.2) is 0 Å². The Morgan fingerprint density at radius 2 is 1.89 bits per heavy atom. The Balaban J connectivity index is 1.84. The summed E-state index contributed by atoms with van der Waals surface area (Å²) in [5, 5.41) is 14.6. The summed E-state index contributed by atoms with van der Waals surface area (Å²) in [5.41, 5.74) is 0.172. The standard InChI is InChI=1S/C13H17FN2O2/c14-11-3-1-2-4-12(11)16-13(18)15-9-5-7-10(17)8-6-9/h1-4,9-10,17H,5-8H2,(H2,15,16,18). The van der Waals surface area contributed by atoms with E-state index in [2.05, 4.69) is 10.6 Å². The third kappa shape index (κ3) is 3.43. The molecule has 1 aromatic carbocycles. The number of hydrogen-bond acceptors (Lipinski definition) is 2. The average molecular weight is 252 g/mol. The van der Waals surface area contributed by atoms with Gasteiger partial charge in [0.2, 0.25) is 0 Å². The van der Waals surface area contributed by atoms with Crippen LogP contribution in [0.3, 0.4) is 0 Å². The third-order valence-electron chi connectivity index (χ3n) is 3.15. The number of carbonyl (C=O) groups excluding carboxylic acids is 1. The molecule has 1 aliphatic carbocycles. The van der Waals surface area contributed by atoms with Crippen molar-refractivity contribution in [3.05, 3.63) is 30.1 Å². The van der Waals surface area contributed by atoms with Gasteiger partial charge in [0, 0.05) is 6.04 Å². The van der Waals surface area contributed by atoms with E-state index in [0.29, 0.717) is 12.8 Å². The van der Waals surface area contributed by atoms with Crippen LogP contribution in [0.1, 0.15) is 25.7 Å². The van der Waals surface area contributed by atoms with Gasteiger partial charge < -0.3 is 15.7 Å². The van der Waals surface area contributed by atoms with Crippen molar-refractivity contribution in [1.29, 1.82) is 0 Å². The average Bonchev–Trinajstić information content (AvgIpc) is 2.35. The Kier molecular flexibility index (Phi) is 4.15. The minimum Gasteiger partial charge on any atom is -0.393 e. The summed E-state index contributed by atoms with van der Waals surface area (Å²) in [7, 11) is 0. The molecule has 0 unspecified atom stereocenters. The Labute approximate surface area is 105 Å². The van der Waals surface area contributed by atoms with E-state index in [0.717, 1.165) is 12.8 Å². The van der Waals surface area contributed by atoms with Gasteiger partial charge in [-0.15, -0.1) is 0 Å². The Hall–Kier alpha value is -1.62. The quantitative estimate of drug-likeness (QED) is 0.756. The number of aliphatic hydroxyl groups is 1. The number of rotatable bonds is 2. The fraction of sp³-hybridized carbons (Fsp3) is 0.462. The van der Waals surface area contributed by atoms with Crippen LogP contribution in [0.4, 0.5) is 14.9 Å². The Bertz CT molecular complexity index is 417. The number of halogens is 1. The minimum atomic E-state index is -0.452. The van der Waals surface area contributed by atoms with Crippen molar-refractivity contribution >= 4 is 11.7 Å². The molecule has 0 bridgehead atoms. The summed E-state index contributed by atoms with van der Waals surface area (Å²) in [6.45, 7) is 0. The van der Waals surface area contributed by atoms with Crippen LogP contribution in [0.2, 0.25) is 0 Å². The lowest BCUT2D eigenvalue weighted by Gasteiger charge is -2.26. The lowest BCUT2D eigenvalue weighted by atomic mass is 9.93. The van der Waals surface area contributed by atoms with Crippen molar-refractivity contribution in [3.63, 3.8) is 0 Å². The lowest BCUT2D eigenvalue weighted by molar-refractivity contribution is 0.118. The summed E-state index contributed by atoms with van der Waals surface area (Å²) in [4.78, 5) is 11.7. The summed E-state index contributed by atoms with van der Waals surface area (Å²) < 4.78 is 13.3. The maximum absolute atomic E-state index is 13.3. The van der Waals surface area contributed by atoms with Crippen LogP contribution in [0.15, 0.2) is 24.3 Å². The highest BCUT2D eigenvalue weighted by molar-refractivity contribution is 5.89. The molecule has 0 aromatic heterocycles. The zero-order valence-electron chi connectivity index (χ0n) is 10.0. The second-order valence-electron chi connectivity index (χ2n) is 4.58. The highest BCUT2D eigenvalue weighted by atomic mass is 19.1. The van der Waals surface area contributed by atoms with Crippen molar-refractivity contribution in [2.75, 3.05) is 5.32 Å². The van der Waals surface area contributed by atoms with E-state index in [9.17, 15) is 14.3 Å². The van der Waals surface area contributed by atoms with E-state index in [4.69, 9.17) is 0 Å². The maximum atomic E-state index is 13.3. The highest BCUT2D eigenvalue weighted by Gasteiger charge is 2.20. The zero-order chi connectivity index (χ0) is 13.0. The molecular weight excluding hydrogens is 235 g/mol. The number of urea groups is 1. The number of nitrogens with one attached hydrogen (secondary N) is 2. The van der Waals surface area contributed by atoms with E-state index in [1.165, 1.54) is 12.1 Å². The maximum Gasteiger partial charge on any atom is 0.319 e. The van der Waals surface area contributed by atoms with Gasteiger partial charge in [-0.25, -0.2) is 9.18 Å². The topological polar surface area (TPSA) is 61.4 Å². The van der Waals surface area contributed by atoms with Crippen LogP contribution < -0.4 is 10.6 Å². The molecule has 4 nitrogen and oxygen atoms in total. The summed E-state index contributed by atoms with van der Waals surface area (Å²) >= 11 is 0. The van der Waals surface area contributed by atoms with Crippen LogP contribution in [0.25, 0.3) is 0 Å². The van der Waals surface area contributed by atoms with Gasteiger partial charge in [-0.1, -0.05) is 12.1 Å². The predicted molar refractivity (Wildman–Crippen MR) is 66.8 cm³/mol. The van der Waals surface area contributed by atoms with Gasteiger partial charge >= 0.3 is 6.03 Å². The van der Waals surface area contributed by atoms with Gasteiger partial charge in [0.1, 0.15) is 5.82 Å². The summed E-state index contributed by atoms with van der Waals surface area (Å²) in [6.07, 6.45) is 2.66. The molecule has 2 amide bonds. The summed E-state index contributed by atoms with van der Waals surface area (Å²) in [6, 6.07) is 5.70. The molecule has 0 radical (unpaired) electrons. The molecule has 1 aromatic rings. The minimum absolute atomic E-state index is 0.0557. The Morgan fingerprint density at radius 3 is 2.56 bits per heavy atom. The molecule has 1 aliphatic rings. The first-order chi connectivity index (χ1) is 8.65. The van der Waals surface area contributed by atoms with Crippen LogP contribution in [-0.2, 0) is 0 Å². The normalized spacial score (nSPS) is 23.4. The molecule has 0 saturated heterocycles. The molecule has 0 heterocycles. The monoisotopic (exact) mass is 252 g/mol. The first-order valence-corrected chi connectivity index (χ1v) is 6.15. The SMILES string of the molecule is O=C(Nc1ccccc1F)NC1CCC(O)CC1. The fourth-order valence-corrected chi connectivity index (χ4v) is 2.13. The van der Waals surface area contributed by atoms with Gasteiger partial charge in [0.25, 0.3) is 0 Å². The first-order valence-electron chi connectivity index (χ1n) is 6.15. The second-order valence-corrected chi connectivity index (χ2v) is 4.58. The van der Waals surface area contributed by atoms with Crippen LogP contribution in [-0.4, -0.2) is 23.3 Å². The Morgan fingerprint density at radius 1 is 1.22 bits per heavy atom. The van der Waals surface area contributed by atoms with Crippen molar-refractivity contribution < 1.29 is 14.3 Å². The number of hydrogen-bond donors (Lipinski definition) is 3. The van der Waals surface area contributed by atoms with Gasteiger partial charge in [-0.3, -0.25) is 0 Å². The molecule has 5 heteroatoms. The molecule has 1 fully saturated rings. The second kappa shape index (κ2) is 5.82. The third-order valence-corrected chi connectivity index (χ3v) is 3.15. The number of benzene rings is 1. The largest absolute Gasteiger partial charge is 0.393 e. The number of para-hydroxylation sites is 1. The zero-order valence-corrected chi connectivity index (χ0v) is 10.0. The number of carbonyl (C=O) groups is 1. The van der Waals surface area contributed by atoms with Gasteiger partial charge in [-0.05, 0) is 37.8 Å². The first kappa shape index (κ1) is 12.8. The summed E-state index contributed by atoms with van der Waals surface area (Å²) in [5.74, 6) is -0.452. The van der Waals surface area contributed by atoms with E-state index < -0.39 is 11.8 Å². The number of aliphatic hydroxyl groups excluding tert-OH is 1. The molecule has 3 N–H and O–H groups in total. The van der Waals surface area contributed by atoms with Crippen LogP contribution in [0.5, 0.6) is 0 Å². The van der Waals surface area contributed by atoms with Crippen molar-refractivity contribution in [1.82, 2.24) is 5.32 Å². The van der Waals surface area contributed by atoms with Crippen molar-refractivity contribution in [2.24, 2.45) is 0 Å². The molecule has 1 saturated carbocycles. The van der Waals surface area contributed by atoms with Gasteiger partial charge in [-0.2, -0.15) is 0 Å².